The van der Waals surface area contributed by atoms with E-state index in [4.69, 9.17) is 0 Å². The number of phenols is 2. The molecule has 1 aliphatic rings. The zero-order valence-electron chi connectivity index (χ0n) is 12.0. The van der Waals surface area contributed by atoms with Crippen molar-refractivity contribution in [1.29, 1.82) is 0 Å². The van der Waals surface area contributed by atoms with Crippen LogP contribution in [0.1, 0.15) is 46.6 Å². The molecule has 1 unspecified atom stereocenters. The smallest absolute Gasteiger partial charge is 0.118 e. The van der Waals surface area contributed by atoms with Crippen LogP contribution in [0, 0.1) is 13.8 Å². The van der Waals surface area contributed by atoms with E-state index >= 15 is 0 Å². The standard InChI is InChI=1S/C18H20O2/c1-11-8-14(6-7-17(11)19)15-5-3-4-13-10-18(20)12(2)9-16(13)15/h6-10,15,19-20H,3-5H2,1-2H3. The first-order valence-corrected chi connectivity index (χ1v) is 7.18. The molecule has 2 heteroatoms. The van der Waals surface area contributed by atoms with Crippen LogP contribution in [0.2, 0.25) is 0 Å². The minimum absolute atomic E-state index is 0.353. The van der Waals surface area contributed by atoms with Crippen LogP contribution in [0.3, 0.4) is 0 Å². The van der Waals surface area contributed by atoms with E-state index < -0.39 is 0 Å². The molecule has 2 nitrogen and oxygen atoms in total. The highest BCUT2D eigenvalue weighted by Gasteiger charge is 2.23. The van der Waals surface area contributed by atoms with Gasteiger partial charge in [-0.05, 0) is 73.1 Å². The van der Waals surface area contributed by atoms with Gasteiger partial charge in [-0.25, -0.2) is 0 Å². The molecule has 0 fully saturated rings. The summed E-state index contributed by atoms with van der Waals surface area (Å²) in [7, 11) is 0. The summed E-state index contributed by atoms with van der Waals surface area (Å²) in [5.74, 6) is 1.12. The lowest BCUT2D eigenvalue weighted by atomic mass is 9.78. The molecule has 104 valence electrons. The van der Waals surface area contributed by atoms with Gasteiger partial charge in [0.2, 0.25) is 0 Å². The molecule has 2 N–H and O–H groups in total. The second-order valence-electron chi connectivity index (χ2n) is 5.83. The van der Waals surface area contributed by atoms with Crippen molar-refractivity contribution < 1.29 is 10.2 Å². The van der Waals surface area contributed by atoms with Crippen molar-refractivity contribution in [3.63, 3.8) is 0 Å². The molecular formula is C18H20O2. The van der Waals surface area contributed by atoms with Crippen LogP contribution in [0.25, 0.3) is 0 Å². The first kappa shape index (κ1) is 13.0. The first-order chi connectivity index (χ1) is 9.56. The van der Waals surface area contributed by atoms with Gasteiger partial charge < -0.3 is 10.2 Å². The van der Waals surface area contributed by atoms with E-state index in [2.05, 4.69) is 12.1 Å². The Balaban J connectivity index is 2.09. The van der Waals surface area contributed by atoms with Crippen LogP contribution < -0.4 is 0 Å². The Morgan fingerprint density at radius 2 is 1.70 bits per heavy atom. The van der Waals surface area contributed by atoms with Gasteiger partial charge in [0.25, 0.3) is 0 Å². The van der Waals surface area contributed by atoms with Crippen molar-refractivity contribution in [1.82, 2.24) is 0 Å². The zero-order chi connectivity index (χ0) is 14.3. The fraction of sp³-hybridized carbons (Fsp3) is 0.333. The van der Waals surface area contributed by atoms with Gasteiger partial charge in [-0.2, -0.15) is 0 Å². The number of benzene rings is 2. The zero-order valence-corrected chi connectivity index (χ0v) is 12.0. The fourth-order valence-corrected chi connectivity index (χ4v) is 3.20. The highest BCUT2D eigenvalue weighted by atomic mass is 16.3. The van der Waals surface area contributed by atoms with E-state index in [1.54, 1.807) is 6.07 Å². The predicted molar refractivity (Wildman–Crippen MR) is 80.5 cm³/mol. The van der Waals surface area contributed by atoms with E-state index in [1.807, 2.05) is 26.0 Å². The summed E-state index contributed by atoms with van der Waals surface area (Å²) >= 11 is 0. The number of hydrogen-bond acceptors (Lipinski definition) is 2. The lowest BCUT2D eigenvalue weighted by Gasteiger charge is -2.27. The van der Waals surface area contributed by atoms with E-state index in [1.165, 1.54) is 16.7 Å². The number of rotatable bonds is 1. The molecular weight excluding hydrogens is 248 g/mol. The maximum atomic E-state index is 9.88. The monoisotopic (exact) mass is 268 g/mol. The molecule has 0 aromatic heterocycles. The quantitative estimate of drug-likeness (QED) is 0.814. The second kappa shape index (κ2) is 4.86. The second-order valence-corrected chi connectivity index (χ2v) is 5.83. The molecule has 0 bridgehead atoms. The third kappa shape index (κ3) is 2.15. The average molecular weight is 268 g/mol. The van der Waals surface area contributed by atoms with Crippen molar-refractivity contribution in [2.24, 2.45) is 0 Å². The lowest BCUT2D eigenvalue weighted by molar-refractivity contribution is 0.468. The largest absolute Gasteiger partial charge is 0.508 e. The summed E-state index contributed by atoms with van der Waals surface area (Å²) in [6.45, 7) is 3.88. The minimum atomic E-state index is 0.353. The van der Waals surface area contributed by atoms with Crippen LogP contribution >= 0.6 is 0 Å². The van der Waals surface area contributed by atoms with Gasteiger partial charge in [0.15, 0.2) is 0 Å². The minimum Gasteiger partial charge on any atom is -0.508 e. The van der Waals surface area contributed by atoms with Gasteiger partial charge in [-0.1, -0.05) is 18.2 Å². The van der Waals surface area contributed by atoms with E-state index in [-0.39, 0.29) is 0 Å². The molecule has 2 aromatic rings. The van der Waals surface area contributed by atoms with Crippen molar-refractivity contribution in [2.45, 2.75) is 39.0 Å². The summed E-state index contributed by atoms with van der Waals surface area (Å²) in [6.07, 6.45) is 3.30. The average Bonchev–Trinajstić information content (AvgIpc) is 2.43. The third-order valence-corrected chi connectivity index (χ3v) is 4.40. The number of aromatic hydroxyl groups is 2. The topological polar surface area (TPSA) is 40.5 Å². The Labute approximate surface area is 119 Å². The predicted octanol–water partition coefficient (Wildman–Crippen LogP) is 4.18. The van der Waals surface area contributed by atoms with E-state index in [0.29, 0.717) is 17.4 Å². The molecule has 0 radical (unpaired) electrons. The SMILES string of the molecule is Cc1cc(C2CCCc3cc(O)c(C)cc32)ccc1O. The van der Waals surface area contributed by atoms with Crippen molar-refractivity contribution >= 4 is 0 Å². The van der Waals surface area contributed by atoms with Crippen molar-refractivity contribution in [3.8, 4) is 11.5 Å². The molecule has 0 saturated carbocycles. The van der Waals surface area contributed by atoms with Crippen LogP contribution in [0.15, 0.2) is 30.3 Å². The van der Waals surface area contributed by atoms with Gasteiger partial charge >= 0.3 is 0 Å². The molecule has 0 amide bonds. The van der Waals surface area contributed by atoms with Gasteiger partial charge in [0, 0.05) is 5.92 Å². The molecule has 1 aliphatic carbocycles. The van der Waals surface area contributed by atoms with Crippen molar-refractivity contribution in [3.05, 3.63) is 58.1 Å². The Bertz CT molecular complexity index is 659. The molecule has 0 aliphatic heterocycles. The third-order valence-electron chi connectivity index (χ3n) is 4.40. The van der Waals surface area contributed by atoms with Crippen LogP contribution in [0.4, 0.5) is 0 Å². The van der Waals surface area contributed by atoms with Gasteiger partial charge in [0.1, 0.15) is 11.5 Å². The van der Waals surface area contributed by atoms with Crippen LogP contribution in [-0.4, -0.2) is 10.2 Å². The molecule has 0 spiro atoms. The maximum Gasteiger partial charge on any atom is 0.118 e. The van der Waals surface area contributed by atoms with Gasteiger partial charge in [-0.3, -0.25) is 0 Å². The van der Waals surface area contributed by atoms with Crippen LogP contribution in [0.5, 0.6) is 11.5 Å². The summed E-state index contributed by atoms with van der Waals surface area (Å²) < 4.78 is 0. The molecule has 3 rings (SSSR count). The molecule has 20 heavy (non-hydrogen) atoms. The summed E-state index contributed by atoms with van der Waals surface area (Å²) in [5, 5.41) is 19.6. The normalized spacial score (nSPS) is 17.8. The van der Waals surface area contributed by atoms with E-state index in [9.17, 15) is 10.2 Å². The first-order valence-electron chi connectivity index (χ1n) is 7.18. The summed E-state index contributed by atoms with van der Waals surface area (Å²) in [5.41, 5.74) is 5.70. The van der Waals surface area contributed by atoms with Crippen LogP contribution in [-0.2, 0) is 6.42 Å². The van der Waals surface area contributed by atoms with Gasteiger partial charge in [-0.15, -0.1) is 0 Å². The molecule has 0 saturated heterocycles. The summed E-state index contributed by atoms with van der Waals surface area (Å²) in [4.78, 5) is 0. The number of phenolic OH excluding ortho intramolecular Hbond substituents is 2. The number of hydrogen-bond donors (Lipinski definition) is 2. The fourth-order valence-electron chi connectivity index (χ4n) is 3.20. The lowest BCUT2D eigenvalue weighted by Crippen LogP contribution is -2.11. The highest BCUT2D eigenvalue weighted by Crippen LogP contribution is 2.40. The number of aryl methyl sites for hydroxylation is 3. The molecule has 2 aromatic carbocycles. The maximum absolute atomic E-state index is 9.88. The Kier molecular flexibility index (Phi) is 3.17. The van der Waals surface area contributed by atoms with Gasteiger partial charge in [0.05, 0.1) is 0 Å². The highest BCUT2D eigenvalue weighted by molar-refractivity contribution is 5.48. The Morgan fingerprint density at radius 1 is 0.950 bits per heavy atom. The van der Waals surface area contributed by atoms with E-state index in [0.717, 1.165) is 30.4 Å². The number of fused-ring (bicyclic) bond motifs is 1. The Morgan fingerprint density at radius 3 is 2.45 bits per heavy atom. The van der Waals surface area contributed by atoms with Crippen molar-refractivity contribution in [2.75, 3.05) is 0 Å². The Hall–Kier alpha value is -1.96. The summed E-state index contributed by atoms with van der Waals surface area (Å²) in [6, 6.07) is 9.93. The molecule has 1 atom stereocenters. The molecule has 0 heterocycles.